The lowest BCUT2D eigenvalue weighted by Crippen LogP contribution is -2.02. The largest absolute Gasteiger partial charge is 0.489 e. The molecule has 0 fully saturated rings. The Bertz CT molecular complexity index is 1010. The van der Waals surface area contributed by atoms with Crippen molar-refractivity contribution in [2.75, 3.05) is 18.1 Å². The maximum Gasteiger partial charge on any atom is 0.222 e. The molecule has 118 valence electrons. The number of hydrogen-bond acceptors (Lipinski definition) is 7. The Balaban J connectivity index is 1.88. The second-order valence-electron chi connectivity index (χ2n) is 5.38. The first-order valence-corrected chi connectivity index (χ1v) is 7.35. The van der Waals surface area contributed by atoms with Crippen LogP contribution in [-0.2, 0) is 6.42 Å². The standard InChI is InChI=1S/C17H13N5O2/c18-8-9-2-1-3-10(6-9)24-13-7-12-14(11-4-5-23-15(11)13)16(19)22-17(20)21-12/h1-3,6-7H,4-5H2,(H4,19,20,21,22). The molecule has 1 aliphatic heterocycles. The maximum atomic E-state index is 9.01. The molecule has 4 N–H and O–H groups in total. The zero-order valence-corrected chi connectivity index (χ0v) is 12.6. The van der Waals surface area contributed by atoms with Crippen LogP contribution in [0.1, 0.15) is 11.1 Å². The number of nitrogens with two attached hydrogens (primary N) is 2. The van der Waals surface area contributed by atoms with Gasteiger partial charge in [0.2, 0.25) is 5.95 Å². The Morgan fingerprint density at radius 2 is 2.08 bits per heavy atom. The lowest BCUT2D eigenvalue weighted by atomic mass is 10.1. The van der Waals surface area contributed by atoms with Crippen molar-refractivity contribution < 1.29 is 9.47 Å². The number of anilines is 2. The first-order chi connectivity index (χ1) is 11.7. The van der Waals surface area contributed by atoms with Crippen molar-refractivity contribution in [2.24, 2.45) is 0 Å². The van der Waals surface area contributed by atoms with Crippen molar-refractivity contribution >= 4 is 22.7 Å². The van der Waals surface area contributed by atoms with E-state index in [1.54, 1.807) is 30.3 Å². The minimum absolute atomic E-state index is 0.108. The predicted molar refractivity (Wildman–Crippen MR) is 88.8 cm³/mol. The van der Waals surface area contributed by atoms with Gasteiger partial charge in [-0.1, -0.05) is 6.07 Å². The summed E-state index contributed by atoms with van der Waals surface area (Å²) >= 11 is 0. The molecule has 1 aromatic heterocycles. The zero-order chi connectivity index (χ0) is 16.7. The number of ether oxygens (including phenoxy) is 2. The number of fused-ring (bicyclic) bond motifs is 3. The average molecular weight is 319 g/mol. The van der Waals surface area contributed by atoms with Gasteiger partial charge in [0.25, 0.3) is 0 Å². The summed E-state index contributed by atoms with van der Waals surface area (Å²) in [5.41, 5.74) is 13.7. The molecule has 0 amide bonds. The van der Waals surface area contributed by atoms with Gasteiger partial charge in [0, 0.05) is 23.4 Å². The number of nitrogen functional groups attached to an aromatic ring is 2. The summed E-state index contributed by atoms with van der Waals surface area (Å²) in [5.74, 6) is 2.13. The van der Waals surface area contributed by atoms with Gasteiger partial charge in [0.1, 0.15) is 11.6 Å². The highest BCUT2D eigenvalue weighted by Crippen LogP contribution is 2.44. The van der Waals surface area contributed by atoms with Crippen molar-refractivity contribution in [3.8, 4) is 23.3 Å². The molecule has 3 aromatic rings. The van der Waals surface area contributed by atoms with Gasteiger partial charge in [-0.05, 0) is 18.2 Å². The molecule has 2 heterocycles. The number of rotatable bonds is 2. The fourth-order valence-corrected chi connectivity index (χ4v) is 2.86. The van der Waals surface area contributed by atoms with Crippen LogP contribution < -0.4 is 20.9 Å². The minimum Gasteiger partial charge on any atom is -0.489 e. The molecule has 0 bridgehead atoms. The SMILES string of the molecule is N#Cc1cccc(Oc2cc3nc(N)nc(N)c3c3c2OCC3)c1. The fourth-order valence-electron chi connectivity index (χ4n) is 2.86. The van der Waals surface area contributed by atoms with Gasteiger partial charge < -0.3 is 20.9 Å². The van der Waals surface area contributed by atoms with E-state index in [2.05, 4.69) is 16.0 Å². The Morgan fingerprint density at radius 3 is 2.92 bits per heavy atom. The predicted octanol–water partition coefficient (Wildman–Crippen LogP) is 2.39. The number of hydrogen-bond donors (Lipinski definition) is 2. The Kier molecular flexibility index (Phi) is 3.10. The molecule has 0 unspecified atom stereocenters. The van der Waals surface area contributed by atoms with Gasteiger partial charge >= 0.3 is 0 Å². The van der Waals surface area contributed by atoms with E-state index >= 15 is 0 Å². The van der Waals surface area contributed by atoms with Gasteiger partial charge in [0.05, 0.1) is 23.8 Å². The van der Waals surface area contributed by atoms with Gasteiger partial charge in [0.15, 0.2) is 11.5 Å². The summed E-state index contributed by atoms with van der Waals surface area (Å²) in [6, 6.07) is 10.7. The monoisotopic (exact) mass is 319 g/mol. The van der Waals surface area contributed by atoms with Crippen LogP contribution in [0.25, 0.3) is 10.9 Å². The summed E-state index contributed by atoms with van der Waals surface area (Å²) in [5, 5.41) is 9.76. The first kappa shape index (κ1) is 14.1. The smallest absolute Gasteiger partial charge is 0.222 e. The molecule has 7 nitrogen and oxygen atoms in total. The summed E-state index contributed by atoms with van der Waals surface area (Å²) in [6.07, 6.45) is 0.693. The second-order valence-corrected chi connectivity index (χ2v) is 5.38. The third kappa shape index (κ3) is 2.21. The van der Waals surface area contributed by atoms with Crippen LogP contribution in [0.2, 0.25) is 0 Å². The lowest BCUT2D eigenvalue weighted by molar-refractivity contribution is 0.338. The van der Waals surface area contributed by atoms with E-state index in [9.17, 15) is 0 Å². The first-order valence-electron chi connectivity index (χ1n) is 7.35. The normalized spacial score (nSPS) is 12.5. The zero-order valence-electron chi connectivity index (χ0n) is 12.6. The highest BCUT2D eigenvalue weighted by atomic mass is 16.5. The molecular weight excluding hydrogens is 306 g/mol. The molecule has 4 rings (SSSR count). The molecule has 2 aromatic carbocycles. The fraction of sp³-hybridized carbons (Fsp3) is 0.118. The van der Waals surface area contributed by atoms with Gasteiger partial charge in [-0.3, -0.25) is 0 Å². The van der Waals surface area contributed by atoms with Crippen molar-refractivity contribution in [3.05, 3.63) is 41.5 Å². The highest BCUT2D eigenvalue weighted by molar-refractivity contribution is 5.95. The van der Waals surface area contributed by atoms with Crippen LogP contribution in [0.3, 0.4) is 0 Å². The summed E-state index contributed by atoms with van der Waals surface area (Å²) in [4.78, 5) is 8.28. The van der Waals surface area contributed by atoms with E-state index in [1.807, 2.05) is 0 Å². The Hall–Kier alpha value is -3.53. The Labute approximate surface area is 137 Å². The molecule has 0 spiro atoms. The van der Waals surface area contributed by atoms with Crippen molar-refractivity contribution in [1.29, 1.82) is 5.26 Å². The van der Waals surface area contributed by atoms with Crippen LogP contribution in [0, 0.1) is 11.3 Å². The van der Waals surface area contributed by atoms with Crippen molar-refractivity contribution in [3.63, 3.8) is 0 Å². The van der Waals surface area contributed by atoms with Crippen LogP contribution in [0.5, 0.6) is 17.2 Å². The van der Waals surface area contributed by atoms with E-state index in [0.29, 0.717) is 47.2 Å². The number of nitrogens with zero attached hydrogens (tertiary/aromatic N) is 3. The lowest BCUT2D eigenvalue weighted by Gasteiger charge is -2.13. The molecule has 7 heteroatoms. The second kappa shape index (κ2) is 5.28. The van der Waals surface area contributed by atoms with E-state index in [0.717, 1.165) is 10.9 Å². The van der Waals surface area contributed by atoms with Gasteiger partial charge in [-0.15, -0.1) is 0 Å². The maximum absolute atomic E-state index is 9.01. The van der Waals surface area contributed by atoms with E-state index < -0.39 is 0 Å². The molecule has 0 radical (unpaired) electrons. The van der Waals surface area contributed by atoms with Crippen LogP contribution in [0.15, 0.2) is 30.3 Å². The molecule has 1 aliphatic rings. The third-order valence-corrected chi connectivity index (χ3v) is 3.84. The van der Waals surface area contributed by atoms with Crippen LogP contribution >= 0.6 is 0 Å². The quantitative estimate of drug-likeness (QED) is 0.744. The number of nitriles is 1. The van der Waals surface area contributed by atoms with Crippen molar-refractivity contribution in [2.45, 2.75) is 6.42 Å². The number of benzene rings is 2. The molecule has 24 heavy (non-hydrogen) atoms. The molecule has 0 saturated carbocycles. The molecule has 0 atom stereocenters. The summed E-state index contributed by atoms with van der Waals surface area (Å²) in [6.45, 7) is 0.535. The topological polar surface area (TPSA) is 120 Å². The van der Waals surface area contributed by atoms with E-state index in [1.165, 1.54) is 0 Å². The molecule has 0 aliphatic carbocycles. The van der Waals surface area contributed by atoms with E-state index in [-0.39, 0.29) is 5.95 Å². The third-order valence-electron chi connectivity index (χ3n) is 3.84. The number of aromatic nitrogens is 2. The Morgan fingerprint density at radius 1 is 1.21 bits per heavy atom. The van der Waals surface area contributed by atoms with Gasteiger partial charge in [-0.25, -0.2) is 4.98 Å². The summed E-state index contributed by atoms with van der Waals surface area (Å²) in [7, 11) is 0. The summed E-state index contributed by atoms with van der Waals surface area (Å²) < 4.78 is 11.7. The van der Waals surface area contributed by atoms with Gasteiger partial charge in [-0.2, -0.15) is 10.2 Å². The highest BCUT2D eigenvalue weighted by Gasteiger charge is 2.24. The minimum atomic E-state index is 0.108. The van der Waals surface area contributed by atoms with Crippen molar-refractivity contribution in [1.82, 2.24) is 9.97 Å². The van der Waals surface area contributed by atoms with E-state index in [4.69, 9.17) is 26.2 Å². The molecular formula is C17H13N5O2. The molecule has 0 saturated heterocycles. The van der Waals surface area contributed by atoms with Crippen LogP contribution in [-0.4, -0.2) is 16.6 Å². The average Bonchev–Trinajstić information content (AvgIpc) is 3.04. The van der Waals surface area contributed by atoms with Crippen LogP contribution in [0.4, 0.5) is 11.8 Å².